The van der Waals surface area contributed by atoms with Crippen molar-refractivity contribution in [1.82, 2.24) is 4.90 Å². The van der Waals surface area contributed by atoms with Crippen molar-refractivity contribution in [3.63, 3.8) is 0 Å². The Hall–Kier alpha value is -1.62. The van der Waals surface area contributed by atoms with E-state index < -0.39 is 12.5 Å². The molecule has 1 aromatic rings. The third-order valence-electron chi connectivity index (χ3n) is 2.49. The van der Waals surface area contributed by atoms with Gasteiger partial charge in [0.05, 0.1) is 13.2 Å². The first-order valence-corrected chi connectivity index (χ1v) is 5.47. The maximum atomic E-state index is 12.9. The molecule has 1 aliphatic rings. The van der Waals surface area contributed by atoms with Gasteiger partial charge in [-0.25, -0.2) is 9.18 Å². The van der Waals surface area contributed by atoms with Crippen molar-refractivity contribution in [3.8, 4) is 0 Å². The molecule has 1 saturated heterocycles. The lowest BCUT2D eigenvalue weighted by atomic mass is 10.2. The van der Waals surface area contributed by atoms with Crippen LogP contribution in [0.3, 0.4) is 0 Å². The van der Waals surface area contributed by atoms with Crippen LogP contribution in [0, 0.1) is 0 Å². The third-order valence-corrected chi connectivity index (χ3v) is 2.49. The summed E-state index contributed by atoms with van der Waals surface area (Å²) >= 11 is 0. The quantitative estimate of drug-likeness (QED) is 0.791. The molecule has 1 amide bonds. The average Bonchev–Trinajstić information content (AvgIpc) is 2.37. The Morgan fingerprint density at radius 3 is 2.94 bits per heavy atom. The van der Waals surface area contributed by atoms with E-state index in [9.17, 15) is 9.18 Å². The summed E-state index contributed by atoms with van der Waals surface area (Å²) in [6.07, 6.45) is -1.91. The molecule has 0 aliphatic carbocycles. The second kappa shape index (κ2) is 5.63. The second-order valence-corrected chi connectivity index (χ2v) is 3.77. The molecule has 1 atom stereocenters. The topological polar surface area (TPSA) is 38.8 Å². The van der Waals surface area contributed by atoms with Gasteiger partial charge in [-0.15, -0.1) is 0 Å². The van der Waals surface area contributed by atoms with Gasteiger partial charge in [0, 0.05) is 6.54 Å². The number of halogens is 1. The van der Waals surface area contributed by atoms with Gasteiger partial charge in [0.15, 0.2) is 0 Å². The SMILES string of the molecule is O=C(OCc1ccccc1)N1CCOC(F)C1. The summed E-state index contributed by atoms with van der Waals surface area (Å²) in [5.41, 5.74) is 0.908. The van der Waals surface area contributed by atoms with E-state index >= 15 is 0 Å². The Morgan fingerprint density at radius 1 is 1.47 bits per heavy atom. The molecule has 0 saturated carbocycles. The molecule has 4 nitrogen and oxygen atoms in total. The standard InChI is InChI=1S/C12H14FNO3/c13-11-8-14(6-7-16-11)12(15)17-9-10-4-2-1-3-5-10/h1-5,11H,6-9H2. The van der Waals surface area contributed by atoms with E-state index in [1.807, 2.05) is 30.3 Å². The Morgan fingerprint density at radius 2 is 2.24 bits per heavy atom. The summed E-state index contributed by atoms with van der Waals surface area (Å²) in [5, 5.41) is 0. The van der Waals surface area contributed by atoms with Crippen molar-refractivity contribution in [2.24, 2.45) is 0 Å². The molecule has 1 heterocycles. The Kier molecular flexibility index (Phi) is 3.93. The van der Waals surface area contributed by atoms with Crippen LogP contribution in [0.25, 0.3) is 0 Å². The van der Waals surface area contributed by atoms with Gasteiger partial charge >= 0.3 is 6.09 Å². The normalized spacial score (nSPS) is 20.1. The van der Waals surface area contributed by atoms with Crippen molar-refractivity contribution in [2.45, 2.75) is 13.0 Å². The van der Waals surface area contributed by atoms with E-state index in [-0.39, 0.29) is 19.8 Å². The lowest BCUT2D eigenvalue weighted by molar-refractivity contribution is -0.0936. The molecule has 0 spiro atoms. The first kappa shape index (κ1) is 11.9. The first-order valence-electron chi connectivity index (χ1n) is 5.47. The van der Waals surface area contributed by atoms with E-state index in [2.05, 4.69) is 0 Å². The van der Waals surface area contributed by atoms with Gasteiger partial charge in [-0.3, -0.25) is 0 Å². The highest BCUT2D eigenvalue weighted by atomic mass is 19.1. The molecule has 17 heavy (non-hydrogen) atoms. The summed E-state index contributed by atoms with van der Waals surface area (Å²) < 4.78 is 22.7. The number of carbonyl (C=O) groups excluding carboxylic acids is 1. The van der Waals surface area contributed by atoms with Gasteiger partial charge in [0.25, 0.3) is 0 Å². The smallest absolute Gasteiger partial charge is 0.410 e. The fraction of sp³-hybridized carbons (Fsp3) is 0.417. The highest BCUT2D eigenvalue weighted by molar-refractivity contribution is 5.67. The Bertz CT molecular complexity index is 371. The predicted octanol–water partition coefficient (Wildman–Crippen LogP) is 1.95. The fourth-order valence-electron chi connectivity index (χ4n) is 1.58. The van der Waals surface area contributed by atoms with E-state index in [0.717, 1.165) is 5.56 Å². The van der Waals surface area contributed by atoms with Crippen LogP contribution in [0.2, 0.25) is 0 Å². The van der Waals surface area contributed by atoms with Crippen LogP contribution in [-0.4, -0.2) is 37.0 Å². The Labute approximate surface area is 98.9 Å². The number of morpholine rings is 1. The number of amides is 1. The van der Waals surface area contributed by atoms with Gasteiger partial charge < -0.3 is 14.4 Å². The number of alkyl halides is 1. The van der Waals surface area contributed by atoms with Gasteiger partial charge in [-0.05, 0) is 5.56 Å². The van der Waals surface area contributed by atoms with E-state index in [1.54, 1.807) is 0 Å². The maximum Gasteiger partial charge on any atom is 0.410 e. The second-order valence-electron chi connectivity index (χ2n) is 3.77. The number of hydrogen-bond acceptors (Lipinski definition) is 3. The number of hydrogen-bond donors (Lipinski definition) is 0. The van der Waals surface area contributed by atoms with Crippen molar-refractivity contribution < 1.29 is 18.7 Å². The Balaban J connectivity index is 1.81. The van der Waals surface area contributed by atoms with Crippen molar-refractivity contribution in [2.75, 3.05) is 19.7 Å². The minimum absolute atomic E-state index is 0.0619. The zero-order chi connectivity index (χ0) is 12.1. The molecule has 1 aliphatic heterocycles. The maximum absolute atomic E-state index is 12.9. The first-order chi connectivity index (χ1) is 8.25. The fourth-order valence-corrected chi connectivity index (χ4v) is 1.58. The van der Waals surface area contributed by atoms with Crippen LogP contribution < -0.4 is 0 Å². The van der Waals surface area contributed by atoms with Crippen molar-refractivity contribution >= 4 is 6.09 Å². The molecule has 1 aromatic carbocycles. The molecule has 92 valence electrons. The number of ether oxygens (including phenoxy) is 2. The number of rotatable bonds is 2. The van der Waals surface area contributed by atoms with Gasteiger partial charge in [-0.2, -0.15) is 0 Å². The van der Waals surface area contributed by atoms with Crippen LogP contribution >= 0.6 is 0 Å². The summed E-state index contributed by atoms with van der Waals surface area (Å²) in [6, 6.07) is 9.36. The highest BCUT2D eigenvalue weighted by Gasteiger charge is 2.24. The molecule has 0 bridgehead atoms. The van der Waals surface area contributed by atoms with Crippen LogP contribution in [0.1, 0.15) is 5.56 Å². The summed E-state index contributed by atoms with van der Waals surface area (Å²) in [4.78, 5) is 12.9. The monoisotopic (exact) mass is 239 g/mol. The van der Waals surface area contributed by atoms with E-state index in [0.29, 0.717) is 6.54 Å². The molecular formula is C12H14FNO3. The molecule has 1 unspecified atom stereocenters. The summed E-state index contributed by atoms with van der Waals surface area (Å²) in [6.45, 7) is 0.719. The zero-order valence-corrected chi connectivity index (χ0v) is 9.34. The zero-order valence-electron chi connectivity index (χ0n) is 9.34. The van der Waals surface area contributed by atoms with Crippen LogP contribution in [0.15, 0.2) is 30.3 Å². The van der Waals surface area contributed by atoms with Gasteiger partial charge in [-0.1, -0.05) is 30.3 Å². The van der Waals surface area contributed by atoms with Crippen LogP contribution in [0.5, 0.6) is 0 Å². The predicted molar refractivity (Wildman–Crippen MR) is 59.0 cm³/mol. The minimum atomic E-state index is -1.41. The number of carbonyl (C=O) groups is 1. The average molecular weight is 239 g/mol. The van der Waals surface area contributed by atoms with Crippen LogP contribution in [-0.2, 0) is 16.1 Å². The number of nitrogens with zero attached hydrogens (tertiary/aromatic N) is 1. The van der Waals surface area contributed by atoms with Crippen LogP contribution in [0.4, 0.5) is 9.18 Å². The van der Waals surface area contributed by atoms with Crippen molar-refractivity contribution in [3.05, 3.63) is 35.9 Å². The molecule has 0 radical (unpaired) electrons. The number of benzene rings is 1. The third kappa shape index (κ3) is 3.42. The molecule has 0 N–H and O–H groups in total. The molecule has 5 heteroatoms. The van der Waals surface area contributed by atoms with E-state index in [1.165, 1.54) is 4.90 Å². The lowest BCUT2D eigenvalue weighted by Crippen LogP contribution is -2.44. The van der Waals surface area contributed by atoms with Crippen molar-refractivity contribution in [1.29, 1.82) is 0 Å². The highest BCUT2D eigenvalue weighted by Crippen LogP contribution is 2.09. The largest absolute Gasteiger partial charge is 0.445 e. The van der Waals surface area contributed by atoms with Gasteiger partial charge in [0.1, 0.15) is 6.61 Å². The van der Waals surface area contributed by atoms with E-state index in [4.69, 9.17) is 9.47 Å². The molecular weight excluding hydrogens is 225 g/mol. The summed E-state index contributed by atoms with van der Waals surface area (Å²) in [5.74, 6) is 0. The summed E-state index contributed by atoms with van der Waals surface area (Å²) in [7, 11) is 0. The molecule has 0 aromatic heterocycles. The minimum Gasteiger partial charge on any atom is -0.445 e. The van der Waals surface area contributed by atoms with Gasteiger partial charge in [0.2, 0.25) is 6.36 Å². The molecule has 1 fully saturated rings. The molecule has 2 rings (SSSR count). The lowest BCUT2D eigenvalue weighted by Gasteiger charge is -2.28.